The molecule has 1 N–H and O–H groups in total. The predicted molar refractivity (Wildman–Crippen MR) is 94.7 cm³/mol. The largest absolute Gasteiger partial charge is 0.496 e. The molecule has 2 aromatic carbocycles. The van der Waals surface area contributed by atoms with Gasteiger partial charge >= 0.3 is 0 Å². The molecule has 122 valence electrons. The summed E-state index contributed by atoms with van der Waals surface area (Å²) in [6, 6.07) is 20.0. The van der Waals surface area contributed by atoms with Crippen LogP contribution in [-0.2, 0) is 6.54 Å². The molecule has 0 bridgehead atoms. The highest BCUT2D eigenvalue weighted by Crippen LogP contribution is 2.29. The summed E-state index contributed by atoms with van der Waals surface area (Å²) in [7, 11) is 3.97. The molecular weight excluding hydrogens is 284 g/mol. The number of hydrogen-bond acceptors (Lipinski definition) is 3. The lowest BCUT2D eigenvalue weighted by atomic mass is 9.91. The van der Waals surface area contributed by atoms with Crippen molar-refractivity contribution in [2.75, 3.05) is 20.7 Å². The van der Waals surface area contributed by atoms with Crippen molar-refractivity contribution in [3.8, 4) is 5.75 Å². The highest BCUT2D eigenvalue weighted by atomic mass is 16.5. The Morgan fingerprint density at radius 3 is 2.61 bits per heavy atom. The molecule has 1 aliphatic rings. The molecule has 0 amide bonds. The number of nitrogens with one attached hydrogen (secondary N) is 1. The summed E-state index contributed by atoms with van der Waals surface area (Å²) >= 11 is 0. The minimum Gasteiger partial charge on any atom is -0.496 e. The highest BCUT2D eigenvalue weighted by Gasteiger charge is 2.29. The summed E-state index contributed by atoms with van der Waals surface area (Å²) in [6.07, 6.45) is 2.45. The third-order valence-corrected chi connectivity index (χ3v) is 4.76. The maximum absolute atomic E-state index is 5.50. The van der Waals surface area contributed by atoms with Crippen molar-refractivity contribution in [1.82, 2.24) is 10.2 Å². The van der Waals surface area contributed by atoms with Crippen molar-refractivity contribution in [2.45, 2.75) is 31.5 Å². The molecule has 0 aromatic heterocycles. The fraction of sp³-hybridized carbons (Fsp3) is 0.400. The third kappa shape index (κ3) is 3.74. The number of para-hydroxylation sites is 1. The Bertz CT molecular complexity index is 614. The molecular formula is C20H26N2O. The molecule has 3 heteroatoms. The van der Waals surface area contributed by atoms with Crippen LogP contribution < -0.4 is 10.1 Å². The first-order chi connectivity index (χ1) is 11.3. The van der Waals surface area contributed by atoms with E-state index in [1.54, 1.807) is 7.11 Å². The van der Waals surface area contributed by atoms with Crippen LogP contribution >= 0.6 is 0 Å². The Balaban J connectivity index is 1.77. The molecule has 3 rings (SSSR count). The number of likely N-dealkylation sites (N-methyl/N-ethyl adjacent to an activating group) is 1. The Morgan fingerprint density at radius 1 is 1.09 bits per heavy atom. The number of nitrogens with zero attached hydrogens (tertiary/aromatic N) is 1. The average molecular weight is 310 g/mol. The van der Waals surface area contributed by atoms with Gasteiger partial charge in [-0.05, 0) is 38.1 Å². The van der Waals surface area contributed by atoms with Crippen LogP contribution in [0.15, 0.2) is 54.6 Å². The molecule has 3 nitrogen and oxygen atoms in total. The Kier molecular flexibility index (Phi) is 5.31. The topological polar surface area (TPSA) is 24.5 Å². The van der Waals surface area contributed by atoms with Crippen LogP contribution in [0.4, 0.5) is 0 Å². The van der Waals surface area contributed by atoms with Crippen LogP contribution in [0.5, 0.6) is 5.75 Å². The van der Waals surface area contributed by atoms with Crippen molar-refractivity contribution in [3.05, 3.63) is 65.7 Å². The number of hydrogen-bond donors (Lipinski definition) is 1. The molecule has 23 heavy (non-hydrogen) atoms. The summed E-state index contributed by atoms with van der Waals surface area (Å²) in [5, 5.41) is 3.71. The Hall–Kier alpha value is -1.84. The SMILES string of the molecule is COc1ccccc1CN(C)C1CCCNC1c1ccccc1. The van der Waals surface area contributed by atoms with Gasteiger partial charge in [0.2, 0.25) is 0 Å². The van der Waals surface area contributed by atoms with Gasteiger partial charge in [-0.15, -0.1) is 0 Å². The number of rotatable bonds is 5. The van der Waals surface area contributed by atoms with Crippen LogP contribution in [0.2, 0.25) is 0 Å². The van der Waals surface area contributed by atoms with Gasteiger partial charge in [0.05, 0.1) is 7.11 Å². The Labute approximate surface area is 139 Å². The maximum Gasteiger partial charge on any atom is 0.123 e. The van der Waals surface area contributed by atoms with Crippen LogP contribution in [0, 0.1) is 0 Å². The monoisotopic (exact) mass is 310 g/mol. The van der Waals surface area contributed by atoms with E-state index in [-0.39, 0.29) is 0 Å². The van der Waals surface area contributed by atoms with Gasteiger partial charge in [0.1, 0.15) is 5.75 Å². The second-order valence-electron chi connectivity index (χ2n) is 6.28. The van der Waals surface area contributed by atoms with Crippen LogP contribution in [0.3, 0.4) is 0 Å². The van der Waals surface area contributed by atoms with E-state index in [1.807, 2.05) is 12.1 Å². The number of benzene rings is 2. The van der Waals surface area contributed by atoms with Gasteiger partial charge in [-0.1, -0.05) is 48.5 Å². The zero-order chi connectivity index (χ0) is 16.1. The van der Waals surface area contributed by atoms with Gasteiger partial charge in [0.15, 0.2) is 0 Å². The summed E-state index contributed by atoms with van der Waals surface area (Å²) in [6.45, 7) is 2.00. The van der Waals surface area contributed by atoms with E-state index in [1.165, 1.54) is 24.0 Å². The minimum atomic E-state index is 0.393. The fourth-order valence-electron chi connectivity index (χ4n) is 3.57. The summed E-state index contributed by atoms with van der Waals surface area (Å²) < 4.78 is 5.50. The van der Waals surface area contributed by atoms with Crippen LogP contribution in [0.25, 0.3) is 0 Å². The standard InChI is InChI=1S/C20H26N2O/c1-22(15-17-11-6-7-13-19(17)23-2)18-12-8-14-21-20(18)16-9-4-3-5-10-16/h3-7,9-11,13,18,20-21H,8,12,14-15H2,1-2H3. The number of piperidine rings is 1. The van der Waals surface area contributed by atoms with Gasteiger partial charge < -0.3 is 10.1 Å². The van der Waals surface area contributed by atoms with E-state index in [9.17, 15) is 0 Å². The van der Waals surface area contributed by atoms with Crippen LogP contribution in [-0.4, -0.2) is 31.6 Å². The minimum absolute atomic E-state index is 0.393. The lowest BCUT2D eigenvalue weighted by Crippen LogP contribution is -2.46. The summed E-state index contributed by atoms with van der Waals surface area (Å²) in [4.78, 5) is 2.46. The lowest BCUT2D eigenvalue weighted by molar-refractivity contribution is 0.149. The molecule has 1 saturated heterocycles. The van der Waals surface area contributed by atoms with E-state index in [4.69, 9.17) is 4.74 Å². The van der Waals surface area contributed by atoms with Crippen molar-refractivity contribution in [2.24, 2.45) is 0 Å². The highest BCUT2D eigenvalue weighted by molar-refractivity contribution is 5.33. The normalized spacial score (nSPS) is 21.3. The predicted octanol–water partition coefficient (Wildman–Crippen LogP) is 3.62. The first-order valence-electron chi connectivity index (χ1n) is 8.40. The quantitative estimate of drug-likeness (QED) is 0.913. The van der Waals surface area contributed by atoms with E-state index < -0.39 is 0 Å². The zero-order valence-corrected chi connectivity index (χ0v) is 14.0. The first kappa shape index (κ1) is 16.0. The average Bonchev–Trinajstić information content (AvgIpc) is 2.63. The molecule has 0 radical (unpaired) electrons. The van der Waals surface area contributed by atoms with Gasteiger partial charge in [-0.25, -0.2) is 0 Å². The van der Waals surface area contributed by atoms with Crippen molar-refractivity contribution >= 4 is 0 Å². The number of ether oxygens (including phenoxy) is 1. The van der Waals surface area contributed by atoms with Crippen molar-refractivity contribution < 1.29 is 4.74 Å². The summed E-state index contributed by atoms with van der Waals surface area (Å²) in [5.74, 6) is 0.972. The van der Waals surface area contributed by atoms with Crippen molar-refractivity contribution in [3.63, 3.8) is 0 Å². The lowest BCUT2D eigenvalue weighted by Gasteiger charge is -2.39. The number of methoxy groups -OCH3 is 1. The molecule has 0 aliphatic carbocycles. The molecule has 2 aromatic rings. The molecule has 2 atom stereocenters. The molecule has 0 saturated carbocycles. The molecule has 0 spiro atoms. The third-order valence-electron chi connectivity index (χ3n) is 4.76. The molecule has 2 unspecified atom stereocenters. The molecule has 1 aliphatic heterocycles. The van der Waals surface area contributed by atoms with E-state index >= 15 is 0 Å². The zero-order valence-electron chi connectivity index (χ0n) is 14.0. The van der Waals surface area contributed by atoms with Crippen LogP contribution in [0.1, 0.15) is 30.0 Å². The fourth-order valence-corrected chi connectivity index (χ4v) is 3.57. The maximum atomic E-state index is 5.50. The van der Waals surface area contributed by atoms with Crippen molar-refractivity contribution in [1.29, 1.82) is 0 Å². The first-order valence-corrected chi connectivity index (χ1v) is 8.40. The molecule has 1 fully saturated rings. The van der Waals surface area contributed by atoms with Gasteiger partial charge in [-0.3, -0.25) is 4.90 Å². The van der Waals surface area contributed by atoms with Gasteiger partial charge in [0.25, 0.3) is 0 Å². The second kappa shape index (κ2) is 7.62. The van der Waals surface area contributed by atoms with Gasteiger partial charge in [0, 0.05) is 24.2 Å². The van der Waals surface area contributed by atoms with Gasteiger partial charge in [-0.2, -0.15) is 0 Å². The smallest absolute Gasteiger partial charge is 0.123 e. The molecule has 1 heterocycles. The second-order valence-corrected chi connectivity index (χ2v) is 6.28. The van der Waals surface area contributed by atoms with E-state index in [0.29, 0.717) is 12.1 Å². The Morgan fingerprint density at radius 2 is 1.83 bits per heavy atom. The van der Waals surface area contributed by atoms with E-state index in [0.717, 1.165) is 18.8 Å². The summed E-state index contributed by atoms with van der Waals surface area (Å²) in [5.41, 5.74) is 2.62. The van der Waals surface area contributed by atoms with E-state index in [2.05, 4.69) is 59.7 Å².